The largest absolute Gasteiger partial charge is 0.310 e. The summed E-state index contributed by atoms with van der Waals surface area (Å²) in [5, 5.41) is 3.94. The van der Waals surface area contributed by atoms with E-state index in [4.69, 9.17) is 0 Å². The molecule has 18 heavy (non-hydrogen) atoms. The molecule has 1 N–H and O–H groups in total. The lowest BCUT2D eigenvalue weighted by atomic mass is 9.83. The molecule has 4 unspecified atom stereocenters. The molecule has 0 aliphatic heterocycles. The highest BCUT2D eigenvalue weighted by atomic mass is 15.0. The van der Waals surface area contributed by atoms with E-state index in [2.05, 4.69) is 42.6 Å². The molecule has 0 spiro atoms. The second-order valence-electron chi connectivity index (χ2n) is 6.09. The van der Waals surface area contributed by atoms with Gasteiger partial charge in [-0.25, -0.2) is 0 Å². The van der Waals surface area contributed by atoms with Crippen molar-refractivity contribution in [2.45, 2.75) is 63.5 Å². The van der Waals surface area contributed by atoms with Gasteiger partial charge in [0.2, 0.25) is 0 Å². The molecule has 4 atom stereocenters. The third kappa shape index (κ3) is 2.61. The third-order valence-corrected chi connectivity index (χ3v) is 4.88. The highest BCUT2D eigenvalue weighted by Crippen LogP contribution is 2.42. The molecule has 0 aromatic heterocycles. The summed E-state index contributed by atoms with van der Waals surface area (Å²) in [7, 11) is 0. The normalized spacial score (nSPS) is 35.4. The lowest BCUT2D eigenvalue weighted by molar-refractivity contribution is 0.253. The first kappa shape index (κ1) is 12.2. The lowest BCUT2D eigenvalue weighted by Crippen LogP contribution is -2.40. The van der Waals surface area contributed by atoms with E-state index >= 15 is 0 Å². The van der Waals surface area contributed by atoms with Crippen LogP contribution in [0.1, 0.15) is 56.9 Å². The Kier molecular flexibility index (Phi) is 3.69. The average molecular weight is 243 g/mol. The van der Waals surface area contributed by atoms with Crippen molar-refractivity contribution in [3.05, 3.63) is 35.9 Å². The molecule has 2 saturated carbocycles. The van der Waals surface area contributed by atoms with Crippen molar-refractivity contribution in [1.82, 2.24) is 5.32 Å². The molecule has 1 nitrogen and oxygen atoms in total. The van der Waals surface area contributed by atoms with Gasteiger partial charge >= 0.3 is 0 Å². The number of rotatable bonds is 4. The Morgan fingerprint density at radius 3 is 2.61 bits per heavy atom. The monoisotopic (exact) mass is 243 g/mol. The van der Waals surface area contributed by atoms with Crippen LogP contribution >= 0.6 is 0 Å². The van der Waals surface area contributed by atoms with Gasteiger partial charge in [0, 0.05) is 18.0 Å². The molecule has 98 valence electrons. The van der Waals surface area contributed by atoms with Crippen molar-refractivity contribution >= 4 is 0 Å². The maximum atomic E-state index is 3.94. The summed E-state index contributed by atoms with van der Waals surface area (Å²) in [5.41, 5.74) is 1.53. The van der Waals surface area contributed by atoms with Gasteiger partial charge in [0.05, 0.1) is 0 Å². The van der Waals surface area contributed by atoms with Crippen LogP contribution in [-0.4, -0.2) is 12.1 Å². The smallest absolute Gasteiger partial charge is 0.0145 e. The Balaban J connectivity index is 1.55. The SMILES string of the molecule is CCC1CCCCC1NC1CC1c1ccccc1. The molecule has 0 saturated heterocycles. The molecule has 2 aliphatic carbocycles. The second-order valence-corrected chi connectivity index (χ2v) is 6.09. The Labute approximate surface area is 111 Å². The van der Waals surface area contributed by atoms with Crippen molar-refractivity contribution in [1.29, 1.82) is 0 Å². The van der Waals surface area contributed by atoms with E-state index in [1.54, 1.807) is 0 Å². The zero-order chi connectivity index (χ0) is 12.4. The van der Waals surface area contributed by atoms with Gasteiger partial charge in [-0.2, -0.15) is 0 Å². The summed E-state index contributed by atoms with van der Waals surface area (Å²) in [6, 6.07) is 12.6. The van der Waals surface area contributed by atoms with Gasteiger partial charge in [-0.3, -0.25) is 0 Å². The van der Waals surface area contributed by atoms with Gasteiger partial charge in [0.15, 0.2) is 0 Å². The Hall–Kier alpha value is -0.820. The summed E-state index contributed by atoms with van der Waals surface area (Å²) >= 11 is 0. The van der Waals surface area contributed by atoms with Crippen molar-refractivity contribution < 1.29 is 0 Å². The van der Waals surface area contributed by atoms with Crippen LogP contribution in [0.5, 0.6) is 0 Å². The van der Waals surface area contributed by atoms with E-state index in [1.165, 1.54) is 44.1 Å². The van der Waals surface area contributed by atoms with Crippen LogP contribution in [0.2, 0.25) is 0 Å². The number of hydrogen-bond donors (Lipinski definition) is 1. The molecule has 0 amide bonds. The van der Waals surface area contributed by atoms with Crippen molar-refractivity contribution in [3.63, 3.8) is 0 Å². The van der Waals surface area contributed by atoms with Crippen molar-refractivity contribution in [2.75, 3.05) is 0 Å². The van der Waals surface area contributed by atoms with E-state index < -0.39 is 0 Å². The van der Waals surface area contributed by atoms with E-state index in [1.807, 2.05) is 0 Å². The number of nitrogens with one attached hydrogen (secondary N) is 1. The van der Waals surface area contributed by atoms with E-state index in [9.17, 15) is 0 Å². The van der Waals surface area contributed by atoms with Gasteiger partial charge in [0.25, 0.3) is 0 Å². The van der Waals surface area contributed by atoms with Crippen LogP contribution in [0.3, 0.4) is 0 Å². The Morgan fingerprint density at radius 2 is 1.83 bits per heavy atom. The van der Waals surface area contributed by atoms with Crippen LogP contribution < -0.4 is 5.32 Å². The molecule has 0 heterocycles. The minimum atomic E-state index is 0.754. The first-order valence-corrected chi connectivity index (χ1v) is 7.69. The van der Waals surface area contributed by atoms with Gasteiger partial charge in [-0.15, -0.1) is 0 Å². The van der Waals surface area contributed by atoms with E-state index in [0.717, 1.165) is 23.9 Å². The van der Waals surface area contributed by atoms with Crippen LogP contribution in [-0.2, 0) is 0 Å². The van der Waals surface area contributed by atoms with Crippen LogP contribution in [0.4, 0.5) is 0 Å². The zero-order valence-corrected chi connectivity index (χ0v) is 11.4. The summed E-state index contributed by atoms with van der Waals surface area (Å²) < 4.78 is 0. The van der Waals surface area contributed by atoms with E-state index in [0.29, 0.717) is 0 Å². The molecule has 0 radical (unpaired) electrons. The van der Waals surface area contributed by atoms with Crippen LogP contribution in [0.25, 0.3) is 0 Å². The third-order valence-electron chi connectivity index (χ3n) is 4.88. The van der Waals surface area contributed by atoms with Gasteiger partial charge < -0.3 is 5.32 Å². The summed E-state index contributed by atoms with van der Waals surface area (Å²) in [4.78, 5) is 0. The fourth-order valence-electron chi connectivity index (χ4n) is 3.64. The predicted octanol–water partition coefficient (Wildman–Crippen LogP) is 4.10. The number of hydrogen-bond acceptors (Lipinski definition) is 1. The van der Waals surface area contributed by atoms with Crippen LogP contribution in [0, 0.1) is 5.92 Å². The fraction of sp³-hybridized carbons (Fsp3) is 0.647. The molecule has 1 aromatic rings. The minimum absolute atomic E-state index is 0.754. The Morgan fingerprint density at radius 1 is 1.06 bits per heavy atom. The van der Waals surface area contributed by atoms with Crippen molar-refractivity contribution in [2.24, 2.45) is 5.92 Å². The summed E-state index contributed by atoms with van der Waals surface area (Å²) in [6.07, 6.45) is 8.41. The van der Waals surface area contributed by atoms with Gasteiger partial charge in [-0.05, 0) is 30.7 Å². The standard InChI is InChI=1S/C17H25N/c1-2-13-8-6-7-11-16(13)18-17-12-15(17)14-9-4-3-5-10-14/h3-5,9-10,13,15-18H,2,6-8,11-12H2,1H3. The highest BCUT2D eigenvalue weighted by molar-refractivity contribution is 5.27. The molecule has 3 rings (SSSR count). The topological polar surface area (TPSA) is 12.0 Å². The maximum absolute atomic E-state index is 3.94. The molecule has 2 fully saturated rings. The number of benzene rings is 1. The zero-order valence-electron chi connectivity index (χ0n) is 11.4. The summed E-state index contributed by atoms with van der Waals surface area (Å²) in [6.45, 7) is 2.35. The lowest BCUT2D eigenvalue weighted by Gasteiger charge is -2.32. The molecule has 2 aliphatic rings. The highest BCUT2D eigenvalue weighted by Gasteiger charge is 2.40. The van der Waals surface area contributed by atoms with Crippen molar-refractivity contribution in [3.8, 4) is 0 Å². The summed E-state index contributed by atoms with van der Waals surface area (Å²) in [5.74, 6) is 1.71. The van der Waals surface area contributed by atoms with Gasteiger partial charge in [0.1, 0.15) is 0 Å². The second kappa shape index (κ2) is 5.44. The quantitative estimate of drug-likeness (QED) is 0.839. The molecule has 1 aromatic carbocycles. The first-order chi connectivity index (χ1) is 8.88. The minimum Gasteiger partial charge on any atom is -0.310 e. The molecular formula is C17H25N. The van der Waals surface area contributed by atoms with Gasteiger partial charge in [-0.1, -0.05) is 56.5 Å². The maximum Gasteiger partial charge on any atom is 0.0145 e. The predicted molar refractivity (Wildman–Crippen MR) is 76.8 cm³/mol. The average Bonchev–Trinajstić information content (AvgIpc) is 3.20. The fourth-order valence-corrected chi connectivity index (χ4v) is 3.64. The molecule has 1 heteroatoms. The molecular weight excluding hydrogens is 218 g/mol. The van der Waals surface area contributed by atoms with E-state index in [-0.39, 0.29) is 0 Å². The molecule has 0 bridgehead atoms. The Bertz CT molecular complexity index is 372. The van der Waals surface area contributed by atoms with Crippen LogP contribution in [0.15, 0.2) is 30.3 Å². The first-order valence-electron chi connectivity index (χ1n) is 7.69.